The maximum Gasteiger partial charge on any atom is 0.303 e. The maximum atomic E-state index is 10.8. The van der Waals surface area contributed by atoms with E-state index in [9.17, 15) is 4.79 Å². The Morgan fingerprint density at radius 1 is 1.39 bits per heavy atom. The van der Waals surface area contributed by atoms with Gasteiger partial charge in [0.1, 0.15) is 6.10 Å². The molecular weight excluding hydrogens is 252 g/mol. The van der Waals surface area contributed by atoms with Crippen molar-refractivity contribution in [3.05, 3.63) is 35.4 Å². The molecule has 1 rings (SSSR count). The lowest BCUT2D eigenvalue weighted by atomic mass is 10.1. The largest absolute Gasteiger partial charge is 0.459 e. The number of rotatable bonds is 7. The second-order valence-corrected chi connectivity index (χ2v) is 4.38. The third kappa shape index (κ3) is 5.52. The molecule has 0 saturated carbocycles. The lowest BCUT2D eigenvalue weighted by Crippen LogP contribution is -2.23. The van der Waals surface area contributed by atoms with Crippen molar-refractivity contribution in [3.63, 3.8) is 0 Å². The van der Waals surface area contributed by atoms with Gasteiger partial charge in [-0.25, -0.2) is 0 Å². The quantitative estimate of drug-likeness (QED) is 0.564. The number of aryl methyl sites for hydroxylation is 1. The summed E-state index contributed by atoms with van der Waals surface area (Å²) in [5.41, 5.74) is 2.40. The molecule has 4 heteroatoms. The summed E-state index contributed by atoms with van der Waals surface area (Å²) in [6.07, 6.45) is 0.629. The minimum Gasteiger partial charge on any atom is -0.459 e. The first-order valence-electron chi connectivity index (χ1n) is 6.04. The van der Waals surface area contributed by atoms with Crippen LogP contribution in [0.5, 0.6) is 0 Å². The van der Waals surface area contributed by atoms with Crippen LogP contribution in [0.4, 0.5) is 0 Å². The molecule has 1 aromatic rings. The van der Waals surface area contributed by atoms with Gasteiger partial charge in [0.25, 0.3) is 0 Å². The molecule has 1 unspecified atom stereocenters. The van der Waals surface area contributed by atoms with Gasteiger partial charge < -0.3 is 9.47 Å². The molecule has 0 aliphatic heterocycles. The zero-order valence-corrected chi connectivity index (χ0v) is 11.6. The highest BCUT2D eigenvalue weighted by Crippen LogP contribution is 2.08. The van der Waals surface area contributed by atoms with Crippen molar-refractivity contribution in [1.29, 1.82) is 0 Å². The molecule has 18 heavy (non-hydrogen) atoms. The summed E-state index contributed by atoms with van der Waals surface area (Å²) in [5, 5.41) is 0. The molecule has 0 saturated heterocycles. The first-order chi connectivity index (χ1) is 8.65. The number of hydrogen-bond acceptors (Lipinski definition) is 3. The monoisotopic (exact) mass is 270 g/mol. The highest BCUT2D eigenvalue weighted by Gasteiger charge is 2.10. The zero-order valence-electron chi connectivity index (χ0n) is 10.8. The topological polar surface area (TPSA) is 35.5 Å². The van der Waals surface area contributed by atoms with E-state index >= 15 is 0 Å². The molecule has 0 heterocycles. The summed E-state index contributed by atoms with van der Waals surface area (Å²) < 4.78 is 10.5. The standard InChI is InChI=1S/C14H19ClO3/c1-3-12-5-4-6-13(7-12)9-17-10-14(8-15)18-11(2)16/h4-7,14H,3,8-10H2,1-2H3. The van der Waals surface area contributed by atoms with E-state index in [4.69, 9.17) is 21.1 Å². The minimum atomic E-state index is -0.376. The number of carbonyl (C=O) groups excluding carboxylic acids is 1. The highest BCUT2D eigenvalue weighted by atomic mass is 35.5. The summed E-state index contributed by atoms with van der Waals surface area (Å²) in [6.45, 7) is 4.30. The Labute approximate surface area is 113 Å². The Kier molecular flexibility index (Phi) is 6.76. The van der Waals surface area contributed by atoms with Crippen molar-refractivity contribution in [2.24, 2.45) is 0 Å². The predicted molar refractivity (Wildman–Crippen MR) is 71.8 cm³/mol. The van der Waals surface area contributed by atoms with Crippen LogP contribution in [0.1, 0.15) is 25.0 Å². The first kappa shape index (κ1) is 15.0. The van der Waals surface area contributed by atoms with Crippen LogP contribution in [0, 0.1) is 0 Å². The molecule has 3 nitrogen and oxygen atoms in total. The molecule has 0 aliphatic rings. The summed E-state index contributed by atoms with van der Waals surface area (Å²) >= 11 is 5.68. The van der Waals surface area contributed by atoms with Gasteiger partial charge in [-0.2, -0.15) is 0 Å². The van der Waals surface area contributed by atoms with Gasteiger partial charge in [0, 0.05) is 6.92 Å². The molecule has 0 bridgehead atoms. The fourth-order valence-corrected chi connectivity index (χ4v) is 1.74. The van der Waals surface area contributed by atoms with Crippen molar-refractivity contribution in [1.82, 2.24) is 0 Å². The van der Waals surface area contributed by atoms with E-state index in [1.54, 1.807) is 0 Å². The lowest BCUT2D eigenvalue weighted by Gasteiger charge is -2.14. The van der Waals surface area contributed by atoms with Crippen molar-refractivity contribution in [2.75, 3.05) is 12.5 Å². The number of ether oxygens (including phenoxy) is 2. The fraction of sp³-hybridized carbons (Fsp3) is 0.500. The van der Waals surface area contributed by atoms with Crippen LogP contribution in [0.25, 0.3) is 0 Å². The van der Waals surface area contributed by atoms with E-state index in [1.807, 2.05) is 12.1 Å². The van der Waals surface area contributed by atoms with E-state index in [1.165, 1.54) is 12.5 Å². The second kappa shape index (κ2) is 8.11. The third-order valence-corrected chi connectivity index (χ3v) is 2.82. The van der Waals surface area contributed by atoms with Crippen LogP contribution in [0.15, 0.2) is 24.3 Å². The SMILES string of the molecule is CCc1cccc(COCC(CCl)OC(C)=O)c1. The van der Waals surface area contributed by atoms with E-state index in [2.05, 4.69) is 19.1 Å². The number of benzene rings is 1. The van der Waals surface area contributed by atoms with E-state index in [0.29, 0.717) is 13.2 Å². The molecule has 0 amide bonds. The van der Waals surface area contributed by atoms with Gasteiger partial charge >= 0.3 is 5.97 Å². The molecule has 0 aliphatic carbocycles. The summed E-state index contributed by atoms with van der Waals surface area (Å²) in [5.74, 6) is -0.0913. The van der Waals surface area contributed by atoms with Gasteiger partial charge in [0.05, 0.1) is 19.1 Å². The molecule has 1 atom stereocenters. The van der Waals surface area contributed by atoms with Crippen LogP contribution in [0.3, 0.4) is 0 Å². The van der Waals surface area contributed by atoms with Gasteiger partial charge in [0.2, 0.25) is 0 Å². The number of carbonyl (C=O) groups is 1. The van der Waals surface area contributed by atoms with E-state index in [-0.39, 0.29) is 18.0 Å². The molecule has 0 aromatic heterocycles. The third-order valence-electron chi connectivity index (χ3n) is 2.48. The highest BCUT2D eigenvalue weighted by molar-refractivity contribution is 6.18. The Hall–Kier alpha value is -1.06. The smallest absolute Gasteiger partial charge is 0.303 e. The van der Waals surface area contributed by atoms with Gasteiger partial charge in [-0.15, -0.1) is 11.6 Å². The zero-order chi connectivity index (χ0) is 13.4. The average Bonchev–Trinajstić information content (AvgIpc) is 2.37. The molecule has 100 valence electrons. The Morgan fingerprint density at radius 3 is 2.72 bits per heavy atom. The Bertz CT molecular complexity index is 379. The lowest BCUT2D eigenvalue weighted by molar-refractivity contribution is -0.148. The molecular formula is C14H19ClO3. The summed E-state index contributed by atoms with van der Waals surface area (Å²) in [6, 6.07) is 8.23. The van der Waals surface area contributed by atoms with Crippen LogP contribution >= 0.6 is 11.6 Å². The van der Waals surface area contributed by atoms with Gasteiger partial charge in [0.15, 0.2) is 0 Å². The maximum absolute atomic E-state index is 10.8. The van der Waals surface area contributed by atoms with Gasteiger partial charge in [-0.3, -0.25) is 4.79 Å². The summed E-state index contributed by atoms with van der Waals surface area (Å²) in [4.78, 5) is 10.8. The predicted octanol–water partition coefficient (Wildman–Crippen LogP) is 2.94. The van der Waals surface area contributed by atoms with E-state index < -0.39 is 0 Å². The molecule has 0 radical (unpaired) electrons. The second-order valence-electron chi connectivity index (χ2n) is 4.07. The van der Waals surface area contributed by atoms with Crippen LogP contribution in [0.2, 0.25) is 0 Å². The van der Waals surface area contributed by atoms with Gasteiger partial charge in [-0.05, 0) is 17.5 Å². The number of alkyl halides is 1. The number of esters is 1. The van der Waals surface area contributed by atoms with E-state index in [0.717, 1.165) is 12.0 Å². The normalized spacial score (nSPS) is 12.2. The average molecular weight is 271 g/mol. The molecule has 1 aromatic carbocycles. The Balaban J connectivity index is 2.37. The van der Waals surface area contributed by atoms with Crippen LogP contribution < -0.4 is 0 Å². The van der Waals surface area contributed by atoms with Crippen molar-refractivity contribution in [2.45, 2.75) is 33.0 Å². The minimum absolute atomic E-state index is 0.245. The first-order valence-corrected chi connectivity index (χ1v) is 6.58. The fourth-order valence-electron chi connectivity index (χ4n) is 1.59. The molecule has 0 N–H and O–H groups in total. The number of hydrogen-bond donors (Lipinski definition) is 0. The van der Waals surface area contributed by atoms with Crippen LogP contribution in [-0.4, -0.2) is 24.6 Å². The molecule has 0 spiro atoms. The van der Waals surface area contributed by atoms with Crippen LogP contribution in [-0.2, 0) is 27.3 Å². The number of halogens is 1. The Morgan fingerprint density at radius 2 is 2.11 bits per heavy atom. The molecule has 0 fully saturated rings. The van der Waals surface area contributed by atoms with Gasteiger partial charge in [-0.1, -0.05) is 31.2 Å². The van der Waals surface area contributed by atoms with Crippen molar-refractivity contribution in [3.8, 4) is 0 Å². The summed E-state index contributed by atoms with van der Waals surface area (Å²) in [7, 11) is 0. The van der Waals surface area contributed by atoms with Crippen molar-refractivity contribution >= 4 is 17.6 Å². The van der Waals surface area contributed by atoms with Crippen molar-refractivity contribution < 1.29 is 14.3 Å².